The summed E-state index contributed by atoms with van der Waals surface area (Å²) in [5.74, 6) is -0.0851. The first-order chi connectivity index (χ1) is 14.9. The van der Waals surface area contributed by atoms with Crippen molar-refractivity contribution in [2.75, 3.05) is 11.9 Å². The van der Waals surface area contributed by atoms with E-state index in [9.17, 15) is 26.3 Å². The van der Waals surface area contributed by atoms with Crippen LogP contribution in [0.15, 0.2) is 54.9 Å². The largest absolute Gasteiger partial charge is 0.573 e. The number of nitrogens with zero attached hydrogens (tertiary/aromatic N) is 2. The molecule has 0 fully saturated rings. The molecule has 1 heterocycles. The summed E-state index contributed by atoms with van der Waals surface area (Å²) in [5, 5.41) is 2.45. The van der Waals surface area contributed by atoms with E-state index >= 15 is 0 Å². The maximum atomic E-state index is 12.9. The van der Waals surface area contributed by atoms with Crippen LogP contribution in [0.1, 0.15) is 17.2 Å². The Hall–Kier alpha value is -3.05. The Bertz CT molecular complexity index is 1090. The van der Waals surface area contributed by atoms with Gasteiger partial charge in [0.15, 0.2) is 0 Å². The summed E-state index contributed by atoms with van der Waals surface area (Å²) in [6.45, 7) is 0.0969. The fourth-order valence-corrected chi connectivity index (χ4v) is 3.08. The van der Waals surface area contributed by atoms with E-state index in [1.54, 1.807) is 6.07 Å². The summed E-state index contributed by atoms with van der Waals surface area (Å²) in [6, 6.07) is 9.28. The fourth-order valence-electron chi connectivity index (χ4n) is 2.79. The van der Waals surface area contributed by atoms with Gasteiger partial charge in [0.1, 0.15) is 17.9 Å². The second kappa shape index (κ2) is 9.21. The average molecular weight is 477 g/mol. The number of hydrogen-bond acceptors (Lipinski definition) is 5. The smallest absolute Gasteiger partial charge is 0.406 e. The Morgan fingerprint density at radius 2 is 1.75 bits per heavy atom. The van der Waals surface area contributed by atoms with Crippen LogP contribution < -0.4 is 15.8 Å². The van der Waals surface area contributed by atoms with E-state index in [-0.39, 0.29) is 6.54 Å². The van der Waals surface area contributed by atoms with Gasteiger partial charge in [0, 0.05) is 24.2 Å². The number of alkyl halides is 6. The summed E-state index contributed by atoms with van der Waals surface area (Å²) in [7, 11) is 0. The number of anilines is 1. The maximum Gasteiger partial charge on any atom is 0.573 e. The number of ether oxygens (including phenoxy) is 1. The number of benzene rings is 2. The predicted molar refractivity (Wildman–Crippen MR) is 106 cm³/mol. The van der Waals surface area contributed by atoms with Crippen LogP contribution in [-0.4, -0.2) is 22.9 Å². The molecule has 3 N–H and O–H groups in total. The molecule has 0 amide bonds. The third kappa shape index (κ3) is 6.24. The average Bonchev–Trinajstić information content (AvgIpc) is 2.70. The van der Waals surface area contributed by atoms with Crippen molar-refractivity contribution in [1.82, 2.24) is 9.97 Å². The van der Waals surface area contributed by atoms with Crippen LogP contribution in [0.4, 0.5) is 32.2 Å². The standard InChI is InChI=1S/C20H15ClF6N4O/c21-15-7-12(4-5-14(15)19(22,23)24)17-8-18(31-10-30-17)29-9-16(28)11-2-1-3-13(6-11)32-20(25,26)27/h1-8,10,16H,9,28H2,(H,29,30,31)/t16-/m0/s1. The molecule has 1 aromatic heterocycles. The number of halogens is 7. The normalized spacial score (nSPS) is 13.0. The van der Waals surface area contributed by atoms with Gasteiger partial charge in [-0.15, -0.1) is 13.2 Å². The summed E-state index contributed by atoms with van der Waals surface area (Å²) in [4.78, 5) is 8.04. The molecular weight excluding hydrogens is 462 g/mol. The highest BCUT2D eigenvalue weighted by molar-refractivity contribution is 6.31. The summed E-state index contributed by atoms with van der Waals surface area (Å²) in [5.41, 5.74) is 6.12. The monoisotopic (exact) mass is 476 g/mol. The first-order valence-electron chi connectivity index (χ1n) is 8.97. The molecule has 0 spiro atoms. The van der Waals surface area contributed by atoms with Crippen molar-refractivity contribution in [2.24, 2.45) is 5.73 Å². The summed E-state index contributed by atoms with van der Waals surface area (Å²) >= 11 is 5.75. The van der Waals surface area contributed by atoms with Gasteiger partial charge in [0.2, 0.25) is 0 Å². The van der Waals surface area contributed by atoms with Gasteiger partial charge in [-0.3, -0.25) is 0 Å². The zero-order valence-corrected chi connectivity index (χ0v) is 16.8. The minimum atomic E-state index is -4.82. The highest BCUT2D eigenvalue weighted by Gasteiger charge is 2.33. The molecule has 0 aliphatic rings. The third-order valence-electron chi connectivity index (χ3n) is 4.26. The van der Waals surface area contributed by atoms with Crippen LogP contribution in [-0.2, 0) is 6.18 Å². The summed E-state index contributed by atoms with van der Waals surface area (Å²) < 4.78 is 79.6. The number of aromatic nitrogens is 2. The highest BCUT2D eigenvalue weighted by atomic mass is 35.5. The molecule has 0 saturated heterocycles. The van der Waals surface area contributed by atoms with Crippen LogP contribution in [0.5, 0.6) is 5.75 Å². The highest BCUT2D eigenvalue weighted by Crippen LogP contribution is 2.36. The minimum absolute atomic E-state index is 0.0969. The van der Waals surface area contributed by atoms with Gasteiger partial charge >= 0.3 is 12.5 Å². The van der Waals surface area contributed by atoms with Crippen molar-refractivity contribution in [2.45, 2.75) is 18.6 Å². The molecule has 0 radical (unpaired) electrons. The van der Waals surface area contributed by atoms with E-state index in [0.29, 0.717) is 22.6 Å². The lowest BCUT2D eigenvalue weighted by atomic mass is 10.1. The lowest BCUT2D eigenvalue weighted by molar-refractivity contribution is -0.274. The molecule has 12 heteroatoms. The fraction of sp³-hybridized carbons (Fsp3) is 0.200. The lowest BCUT2D eigenvalue weighted by Gasteiger charge is -2.16. The van der Waals surface area contributed by atoms with Gasteiger partial charge in [0.05, 0.1) is 16.3 Å². The molecule has 0 saturated carbocycles. The van der Waals surface area contributed by atoms with Crippen LogP contribution in [0.25, 0.3) is 11.3 Å². The van der Waals surface area contributed by atoms with Crippen molar-refractivity contribution in [3.63, 3.8) is 0 Å². The van der Waals surface area contributed by atoms with Crippen molar-refractivity contribution in [1.29, 1.82) is 0 Å². The number of rotatable bonds is 6. The van der Waals surface area contributed by atoms with Gasteiger partial charge in [-0.05, 0) is 29.8 Å². The van der Waals surface area contributed by atoms with Gasteiger partial charge in [0.25, 0.3) is 0 Å². The number of nitrogens with two attached hydrogens (primary N) is 1. The van der Waals surface area contributed by atoms with Crippen molar-refractivity contribution in [3.05, 3.63) is 71.0 Å². The zero-order chi connectivity index (χ0) is 23.5. The second-order valence-electron chi connectivity index (χ2n) is 6.59. The first kappa shape index (κ1) is 23.6. The van der Waals surface area contributed by atoms with E-state index < -0.39 is 34.9 Å². The number of hydrogen-bond donors (Lipinski definition) is 2. The molecule has 0 aliphatic heterocycles. The van der Waals surface area contributed by atoms with Gasteiger partial charge in [-0.1, -0.05) is 29.8 Å². The van der Waals surface area contributed by atoms with Crippen molar-refractivity contribution >= 4 is 17.4 Å². The quantitative estimate of drug-likeness (QED) is 0.438. The second-order valence-corrected chi connectivity index (χ2v) is 7.00. The molecule has 1 atom stereocenters. The Labute approximate surface area is 183 Å². The Kier molecular flexibility index (Phi) is 6.79. The predicted octanol–water partition coefficient (Wildman–Crippen LogP) is 5.83. The Balaban J connectivity index is 1.71. The molecule has 3 aromatic rings. The molecular formula is C20H15ClF6N4O. The SMILES string of the molecule is N[C@@H](CNc1cc(-c2ccc(C(F)(F)F)c(Cl)c2)ncn1)c1cccc(OC(F)(F)F)c1. The van der Waals surface area contributed by atoms with E-state index in [1.165, 1.54) is 30.6 Å². The number of nitrogens with one attached hydrogen (secondary N) is 1. The van der Waals surface area contributed by atoms with E-state index in [0.717, 1.165) is 18.2 Å². The molecule has 2 aromatic carbocycles. The molecule has 0 aliphatic carbocycles. The van der Waals surface area contributed by atoms with Gasteiger partial charge in [-0.25, -0.2) is 9.97 Å². The Morgan fingerprint density at radius 3 is 2.41 bits per heavy atom. The maximum absolute atomic E-state index is 12.9. The van der Waals surface area contributed by atoms with Gasteiger partial charge in [-0.2, -0.15) is 13.2 Å². The molecule has 3 rings (SSSR count). The molecule has 170 valence electrons. The van der Waals surface area contributed by atoms with Gasteiger partial charge < -0.3 is 15.8 Å². The molecule has 32 heavy (non-hydrogen) atoms. The topological polar surface area (TPSA) is 73.1 Å². The van der Waals surface area contributed by atoms with Crippen molar-refractivity contribution < 1.29 is 31.1 Å². The van der Waals surface area contributed by atoms with E-state index in [1.807, 2.05) is 0 Å². The molecule has 5 nitrogen and oxygen atoms in total. The van der Waals surface area contributed by atoms with Crippen molar-refractivity contribution in [3.8, 4) is 17.0 Å². The van der Waals surface area contributed by atoms with Crippen LogP contribution >= 0.6 is 11.6 Å². The van der Waals surface area contributed by atoms with Crippen LogP contribution in [0, 0.1) is 0 Å². The third-order valence-corrected chi connectivity index (χ3v) is 4.57. The molecule has 0 bridgehead atoms. The van der Waals surface area contributed by atoms with Crippen LogP contribution in [0.3, 0.4) is 0 Å². The summed E-state index contributed by atoms with van der Waals surface area (Å²) in [6.07, 6.45) is -8.20. The van der Waals surface area contributed by atoms with Crippen LogP contribution in [0.2, 0.25) is 5.02 Å². The van der Waals surface area contributed by atoms with E-state index in [2.05, 4.69) is 20.0 Å². The lowest BCUT2D eigenvalue weighted by Crippen LogP contribution is -2.22. The minimum Gasteiger partial charge on any atom is -0.406 e. The van der Waals surface area contributed by atoms with E-state index in [4.69, 9.17) is 17.3 Å². The zero-order valence-electron chi connectivity index (χ0n) is 16.0. The first-order valence-corrected chi connectivity index (χ1v) is 9.34. The molecule has 0 unspecified atom stereocenters. The Morgan fingerprint density at radius 1 is 1.00 bits per heavy atom.